The molecule has 0 bridgehead atoms. The van der Waals surface area contributed by atoms with E-state index in [1.807, 2.05) is 29.6 Å². The predicted octanol–water partition coefficient (Wildman–Crippen LogP) is 5.35. The highest BCUT2D eigenvalue weighted by Crippen LogP contribution is 2.43. The minimum atomic E-state index is -3.58. The summed E-state index contributed by atoms with van der Waals surface area (Å²) in [5.74, 6) is -0.329. The maximum atomic E-state index is 12.9. The normalized spacial score (nSPS) is 12.8. The average molecular weight is 448 g/mol. The van der Waals surface area contributed by atoms with Crippen LogP contribution in [0.15, 0.2) is 90.3 Å². The van der Waals surface area contributed by atoms with Crippen LogP contribution in [0.2, 0.25) is 0 Å². The second-order valence-corrected chi connectivity index (χ2v) is 10.3. The smallest absolute Gasteiger partial charge is 0.255 e. The Morgan fingerprint density at radius 1 is 0.968 bits per heavy atom. The molecule has 4 rings (SSSR count). The molecule has 0 aliphatic rings. The zero-order valence-electron chi connectivity index (χ0n) is 16.6. The van der Waals surface area contributed by atoms with Crippen molar-refractivity contribution in [1.29, 1.82) is 0 Å². The van der Waals surface area contributed by atoms with E-state index in [1.165, 1.54) is 0 Å². The molecular formula is C24H21N2O3PS. The molecule has 7 heteroatoms. The van der Waals surface area contributed by atoms with Gasteiger partial charge in [0.15, 0.2) is 0 Å². The van der Waals surface area contributed by atoms with E-state index in [0.29, 0.717) is 27.8 Å². The molecule has 0 saturated carbocycles. The lowest BCUT2D eigenvalue weighted by Crippen LogP contribution is -2.14. The van der Waals surface area contributed by atoms with Gasteiger partial charge in [-0.3, -0.25) is 9.36 Å². The SMILES string of the molecule is Nc1ccc(-c2cccs2)cc1NC(=O)c1cccc(CP(=O)(O)c2ccccc2)c1. The van der Waals surface area contributed by atoms with Crippen molar-refractivity contribution in [2.24, 2.45) is 0 Å². The van der Waals surface area contributed by atoms with Crippen LogP contribution in [-0.2, 0) is 10.7 Å². The summed E-state index contributed by atoms with van der Waals surface area (Å²) in [6, 6.07) is 24.8. The number of hydrogen-bond donors (Lipinski definition) is 3. The zero-order valence-corrected chi connectivity index (χ0v) is 18.3. The van der Waals surface area contributed by atoms with Gasteiger partial charge in [0.05, 0.1) is 17.5 Å². The number of nitrogens with two attached hydrogens (primary N) is 1. The minimum Gasteiger partial charge on any atom is -0.397 e. The first-order valence-corrected chi connectivity index (χ1v) is 12.4. The molecule has 1 unspecified atom stereocenters. The van der Waals surface area contributed by atoms with Crippen molar-refractivity contribution in [3.63, 3.8) is 0 Å². The summed E-state index contributed by atoms with van der Waals surface area (Å²) in [6.07, 6.45) is -0.0475. The summed E-state index contributed by atoms with van der Waals surface area (Å²) in [5, 5.41) is 5.24. The number of amides is 1. The van der Waals surface area contributed by atoms with E-state index in [9.17, 15) is 14.3 Å². The Bertz CT molecular complexity index is 1260. The highest BCUT2D eigenvalue weighted by atomic mass is 32.1. The predicted molar refractivity (Wildman–Crippen MR) is 128 cm³/mol. The van der Waals surface area contributed by atoms with E-state index < -0.39 is 7.37 Å². The second-order valence-electron chi connectivity index (χ2n) is 7.13. The van der Waals surface area contributed by atoms with Gasteiger partial charge in [0.1, 0.15) is 0 Å². The van der Waals surface area contributed by atoms with Gasteiger partial charge in [-0.15, -0.1) is 11.3 Å². The number of nitrogens with one attached hydrogen (secondary N) is 1. The van der Waals surface area contributed by atoms with Crippen LogP contribution in [-0.4, -0.2) is 10.8 Å². The Morgan fingerprint density at radius 3 is 2.52 bits per heavy atom. The summed E-state index contributed by atoms with van der Waals surface area (Å²) < 4.78 is 12.8. The van der Waals surface area contributed by atoms with Crippen LogP contribution in [0.1, 0.15) is 15.9 Å². The second kappa shape index (κ2) is 8.90. The molecule has 0 aliphatic heterocycles. The highest BCUT2D eigenvalue weighted by Gasteiger charge is 2.22. The van der Waals surface area contributed by atoms with Gasteiger partial charge < -0.3 is 15.9 Å². The van der Waals surface area contributed by atoms with E-state index in [-0.39, 0.29) is 12.1 Å². The number of hydrogen-bond acceptors (Lipinski definition) is 4. The van der Waals surface area contributed by atoms with Crippen molar-refractivity contribution in [2.75, 3.05) is 11.1 Å². The summed E-state index contributed by atoms with van der Waals surface area (Å²) in [7, 11) is -3.58. The van der Waals surface area contributed by atoms with E-state index in [1.54, 1.807) is 72.0 Å². The molecule has 0 aliphatic carbocycles. The van der Waals surface area contributed by atoms with Gasteiger partial charge >= 0.3 is 0 Å². The molecular weight excluding hydrogens is 427 g/mol. The molecule has 1 aromatic heterocycles. The third-order valence-corrected chi connectivity index (χ3v) is 7.67. The van der Waals surface area contributed by atoms with Gasteiger partial charge in [-0.1, -0.05) is 42.5 Å². The van der Waals surface area contributed by atoms with E-state index in [4.69, 9.17) is 5.73 Å². The first kappa shape index (κ1) is 21.1. The molecule has 1 atom stereocenters. The van der Waals surface area contributed by atoms with Gasteiger partial charge in [0.2, 0.25) is 7.37 Å². The van der Waals surface area contributed by atoms with Crippen LogP contribution in [0, 0.1) is 0 Å². The van der Waals surface area contributed by atoms with Crippen LogP contribution < -0.4 is 16.4 Å². The quantitative estimate of drug-likeness (QED) is 0.274. The van der Waals surface area contributed by atoms with Crippen molar-refractivity contribution in [3.05, 3.63) is 101 Å². The van der Waals surface area contributed by atoms with Crippen molar-refractivity contribution in [3.8, 4) is 10.4 Å². The van der Waals surface area contributed by atoms with Crippen molar-refractivity contribution >= 4 is 41.3 Å². The summed E-state index contributed by atoms with van der Waals surface area (Å²) in [6.45, 7) is 0. The molecule has 0 fully saturated rings. The van der Waals surface area contributed by atoms with E-state index in [2.05, 4.69) is 5.32 Å². The molecule has 5 nitrogen and oxygen atoms in total. The number of anilines is 2. The largest absolute Gasteiger partial charge is 0.397 e. The molecule has 0 saturated heterocycles. The molecule has 0 radical (unpaired) electrons. The fourth-order valence-corrected chi connectivity index (χ4v) is 5.50. The molecule has 1 heterocycles. The molecule has 4 aromatic rings. The monoisotopic (exact) mass is 448 g/mol. The summed E-state index contributed by atoms with van der Waals surface area (Å²) in [5.41, 5.74) is 9.04. The fourth-order valence-electron chi connectivity index (χ4n) is 3.27. The van der Waals surface area contributed by atoms with Gasteiger partial charge in [-0.2, -0.15) is 0 Å². The maximum Gasteiger partial charge on any atom is 0.255 e. The third kappa shape index (κ3) is 4.94. The van der Waals surface area contributed by atoms with Crippen LogP contribution in [0.4, 0.5) is 11.4 Å². The van der Waals surface area contributed by atoms with Crippen molar-refractivity contribution < 1.29 is 14.3 Å². The molecule has 0 spiro atoms. The van der Waals surface area contributed by atoms with Gasteiger partial charge in [-0.25, -0.2) is 0 Å². The number of thiophene rings is 1. The lowest BCUT2D eigenvalue weighted by Gasteiger charge is -2.13. The lowest BCUT2D eigenvalue weighted by atomic mass is 10.1. The standard InChI is InChI=1S/C24H21N2O3PS/c25-21-12-11-18(23-10-5-13-31-23)15-22(21)26-24(27)19-7-4-6-17(14-19)16-30(28,29)20-8-2-1-3-9-20/h1-15H,16,25H2,(H,26,27)(H,28,29). The lowest BCUT2D eigenvalue weighted by molar-refractivity contribution is 0.102. The molecule has 156 valence electrons. The van der Waals surface area contributed by atoms with Crippen LogP contribution in [0.3, 0.4) is 0 Å². The fraction of sp³-hybridized carbons (Fsp3) is 0.0417. The highest BCUT2D eigenvalue weighted by molar-refractivity contribution is 7.65. The molecule has 31 heavy (non-hydrogen) atoms. The summed E-state index contributed by atoms with van der Waals surface area (Å²) in [4.78, 5) is 24.4. The third-order valence-electron chi connectivity index (χ3n) is 4.85. The van der Waals surface area contributed by atoms with E-state index >= 15 is 0 Å². The van der Waals surface area contributed by atoms with Gasteiger partial charge in [0, 0.05) is 15.7 Å². The van der Waals surface area contributed by atoms with Crippen LogP contribution in [0.25, 0.3) is 10.4 Å². The maximum absolute atomic E-state index is 12.9. The van der Waals surface area contributed by atoms with Crippen LogP contribution >= 0.6 is 18.7 Å². The Hall–Kier alpha value is -3.18. The first-order chi connectivity index (χ1) is 14.9. The first-order valence-electron chi connectivity index (χ1n) is 9.63. The molecule has 3 aromatic carbocycles. The van der Waals surface area contributed by atoms with Gasteiger partial charge in [0.25, 0.3) is 5.91 Å². The molecule has 4 N–H and O–H groups in total. The number of carbonyl (C=O) groups excluding carboxylic acids is 1. The van der Waals surface area contributed by atoms with Crippen molar-refractivity contribution in [1.82, 2.24) is 0 Å². The summed E-state index contributed by atoms with van der Waals surface area (Å²) >= 11 is 1.61. The zero-order chi connectivity index (χ0) is 21.8. The number of nitrogen functional groups attached to an aromatic ring is 1. The topological polar surface area (TPSA) is 92.4 Å². The number of benzene rings is 3. The van der Waals surface area contributed by atoms with E-state index in [0.717, 1.165) is 10.4 Å². The minimum absolute atomic E-state index is 0.0475. The number of carbonyl (C=O) groups is 1. The average Bonchev–Trinajstić information content (AvgIpc) is 3.31. The van der Waals surface area contributed by atoms with Crippen molar-refractivity contribution in [2.45, 2.75) is 6.16 Å². The Morgan fingerprint density at radius 2 is 1.77 bits per heavy atom. The molecule has 1 amide bonds. The number of rotatable bonds is 6. The Balaban J connectivity index is 1.54. The van der Waals surface area contributed by atoms with Crippen LogP contribution in [0.5, 0.6) is 0 Å². The Kier molecular flexibility index (Phi) is 6.05. The Labute approximate surface area is 184 Å². The van der Waals surface area contributed by atoms with Gasteiger partial charge in [-0.05, 0) is 59.0 Å².